The van der Waals surface area contributed by atoms with Crippen LogP contribution in [0.4, 0.5) is 0 Å². The Bertz CT molecular complexity index is 974. The van der Waals surface area contributed by atoms with E-state index in [0.717, 1.165) is 42.3 Å². The SMILES string of the molecule is COc1ccc(C(=O)CSc2nnc(-c3ccoc3C)n2C[C@@H]2CCCO2)cc1. The minimum absolute atomic E-state index is 0.0327. The van der Waals surface area contributed by atoms with Crippen molar-refractivity contribution < 1.29 is 18.7 Å². The predicted molar refractivity (Wildman–Crippen MR) is 109 cm³/mol. The number of aromatic nitrogens is 3. The third-order valence-corrected chi connectivity index (χ3v) is 5.94. The van der Waals surface area contributed by atoms with Gasteiger partial charge in [0, 0.05) is 12.2 Å². The maximum atomic E-state index is 12.6. The van der Waals surface area contributed by atoms with Crippen LogP contribution in [0.25, 0.3) is 11.4 Å². The summed E-state index contributed by atoms with van der Waals surface area (Å²) in [6, 6.07) is 9.02. The van der Waals surface area contributed by atoms with Crippen LogP contribution in [-0.2, 0) is 11.3 Å². The van der Waals surface area contributed by atoms with E-state index >= 15 is 0 Å². The zero-order valence-corrected chi connectivity index (χ0v) is 17.3. The lowest BCUT2D eigenvalue weighted by atomic mass is 10.1. The number of ketones is 1. The quantitative estimate of drug-likeness (QED) is 0.408. The lowest BCUT2D eigenvalue weighted by Gasteiger charge is -2.14. The first-order valence-electron chi connectivity index (χ1n) is 9.55. The fraction of sp³-hybridized carbons (Fsp3) is 0.381. The topological polar surface area (TPSA) is 79.4 Å². The van der Waals surface area contributed by atoms with Gasteiger partial charge in [-0.15, -0.1) is 10.2 Å². The molecule has 1 aliphatic heterocycles. The van der Waals surface area contributed by atoms with Crippen LogP contribution in [0.2, 0.25) is 0 Å². The number of benzene rings is 1. The van der Waals surface area contributed by atoms with Crippen LogP contribution < -0.4 is 4.74 Å². The van der Waals surface area contributed by atoms with Gasteiger partial charge in [0.25, 0.3) is 0 Å². The predicted octanol–water partition coefficient (Wildman–Crippen LogP) is 4.01. The Kier molecular flexibility index (Phi) is 6.01. The summed E-state index contributed by atoms with van der Waals surface area (Å²) in [4.78, 5) is 12.6. The van der Waals surface area contributed by atoms with Crippen molar-refractivity contribution in [1.82, 2.24) is 14.8 Å². The monoisotopic (exact) mass is 413 g/mol. The number of rotatable bonds is 8. The Morgan fingerprint density at radius 1 is 1.28 bits per heavy atom. The Morgan fingerprint density at radius 2 is 2.10 bits per heavy atom. The maximum absolute atomic E-state index is 12.6. The van der Waals surface area contributed by atoms with Gasteiger partial charge in [0.15, 0.2) is 16.8 Å². The molecule has 0 saturated carbocycles. The second-order valence-electron chi connectivity index (χ2n) is 6.88. The summed E-state index contributed by atoms with van der Waals surface area (Å²) in [5, 5.41) is 9.44. The molecule has 0 spiro atoms. The Balaban J connectivity index is 1.53. The van der Waals surface area contributed by atoms with Crippen LogP contribution in [0.3, 0.4) is 0 Å². The smallest absolute Gasteiger partial charge is 0.192 e. The van der Waals surface area contributed by atoms with E-state index in [1.54, 1.807) is 37.6 Å². The molecule has 8 heteroatoms. The highest BCUT2D eigenvalue weighted by molar-refractivity contribution is 7.99. The second-order valence-corrected chi connectivity index (χ2v) is 7.83. The van der Waals surface area contributed by atoms with Crippen LogP contribution in [0.5, 0.6) is 5.75 Å². The minimum Gasteiger partial charge on any atom is -0.497 e. The fourth-order valence-corrected chi connectivity index (χ4v) is 4.20. The summed E-state index contributed by atoms with van der Waals surface area (Å²) >= 11 is 1.39. The molecule has 1 fully saturated rings. The average molecular weight is 413 g/mol. The van der Waals surface area contributed by atoms with Crippen LogP contribution >= 0.6 is 11.8 Å². The van der Waals surface area contributed by atoms with E-state index in [-0.39, 0.29) is 17.6 Å². The van der Waals surface area contributed by atoms with Gasteiger partial charge in [-0.1, -0.05) is 11.8 Å². The molecule has 1 aromatic carbocycles. The van der Waals surface area contributed by atoms with Crippen molar-refractivity contribution in [2.24, 2.45) is 0 Å². The third-order valence-electron chi connectivity index (χ3n) is 4.97. The first-order chi connectivity index (χ1) is 14.2. The number of thioether (sulfide) groups is 1. The molecule has 1 aliphatic rings. The first kappa shape index (κ1) is 19.7. The van der Waals surface area contributed by atoms with E-state index in [2.05, 4.69) is 10.2 Å². The summed E-state index contributed by atoms with van der Waals surface area (Å²) in [6.07, 6.45) is 3.85. The normalized spacial score (nSPS) is 16.3. The number of carbonyl (C=O) groups excluding carboxylic acids is 1. The molecule has 29 heavy (non-hydrogen) atoms. The fourth-order valence-electron chi connectivity index (χ4n) is 3.36. The van der Waals surface area contributed by atoms with Crippen molar-refractivity contribution in [3.63, 3.8) is 0 Å². The number of Topliss-reactive ketones (excluding diaryl/α,β-unsaturated/α-hetero) is 1. The van der Waals surface area contributed by atoms with Gasteiger partial charge in [-0.05, 0) is 50.1 Å². The molecule has 1 saturated heterocycles. The Labute approximate surface area is 173 Å². The number of hydrogen-bond donors (Lipinski definition) is 0. The number of hydrogen-bond acceptors (Lipinski definition) is 7. The molecular formula is C21H23N3O4S. The number of methoxy groups -OCH3 is 1. The van der Waals surface area contributed by atoms with Crippen LogP contribution in [-0.4, -0.2) is 46.1 Å². The van der Waals surface area contributed by atoms with Crippen LogP contribution in [0.15, 0.2) is 46.2 Å². The van der Waals surface area contributed by atoms with Gasteiger partial charge in [-0.3, -0.25) is 9.36 Å². The van der Waals surface area contributed by atoms with Crippen molar-refractivity contribution in [3.8, 4) is 17.1 Å². The molecular weight excluding hydrogens is 390 g/mol. The number of ether oxygens (including phenoxy) is 2. The highest BCUT2D eigenvalue weighted by Gasteiger charge is 2.23. The standard InChI is InChI=1S/C21H23N3O4S/c1-14-18(9-11-27-14)20-22-23-21(24(20)12-17-4-3-10-28-17)29-13-19(25)15-5-7-16(26-2)8-6-15/h5-9,11,17H,3-4,10,12-13H2,1-2H3/t17-/m0/s1. The zero-order chi connectivity index (χ0) is 20.2. The van der Waals surface area contributed by atoms with Gasteiger partial charge in [-0.2, -0.15) is 0 Å². The largest absolute Gasteiger partial charge is 0.497 e. The third kappa shape index (κ3) is 4.38. The van der Waals surface area contributed by atoms with E-state index < -0.39 is 0 Å². The van der Waals surface area contributed by atoms with E-state index in [0.29, 0.717) is 17.3 Å². The summed E-state index contributed by atoms with van der Waals surface area (Å²) in [5.41, 5.74) is 1.55. The van der Waals surface area contributed by atoms with Gasteiger partial charge in [-0.25, -0.2) is 0 Å². The number of furan rings is 1. The van der Waals surface area contributed by atoms with Crippen LogP contribution in [0, 0.1) is 6.92 Å². The average Bonchev–Trinajstić information content (AvgIpc) is 3.49. The zero-order valence-electron chi connectivity index (χ0n) is 16.5. The van der Waals surface area contributed by atoms with E-state index in [4.69, 9.17) is 13.9 Å². The molecule has 1 atom stereocenters. The highest BCUT2D eigenvalue weighted by Crippen LogP contribution is 2.29. The van der Waals surface area contributed by atoms with Gasteiger partial charge < -0.3 is 13.9 Å². The van der Waals surface area contributed by atoms with Gasteiger partial charge in [0.1, 0.15) is 11.5 Å². The Hall–Kier alpha value is -2.58. The lowest BCUT2D eigenvalue weighted by Crippen LogP contribution is -2.17. The van der Waals surface area contributed by atoms with Gasteiger partial charge in [0.05, 0.1) is 37.3 Å². The molecule has 0 amide bonds. The summed E-state index contributed by atoms with van der Waals surface area (Å²) in [6.45, 7) is 3.34. The molecule has 2 aromatic heterocycles. The molecule has 7 nitrogen and oxygen atoms in total. The molecule has 0 bridgehead atoms. The lowest BCUT2D eigenvalue weighted by molar-refractivity contribution is 0.0953. The minimum atomic E-state index is 0.0327. The molecule has 4 rings (SSSR count). The maximum Gasteiger partial charge on any atom is 0.192 e. The molecule has 0 N–H and O–H groups in total. The molecule has 3 heterocycles. The van der Waals surface area contributed by atoms with Gasteiger partial charge >= 0.3 is 0 Å². The highest BCUT2D eigenvalue weighted by atomic mass is 32.2. The molecule has 152 valence electrons. The number of aryl methyl sites for hydroxylation is 1. The molecule has 0 aliphatic carbocycles. The summed E-state index contributed by atoms with van der Waals surface area (Å²) in [7, 11) is 1.60. The molecule has 3 aromatic rings. The summed E-state index contributed by atoms with van der Waals surface area (Å²) in [5.74, 6) is 2.57. The number of carbonyl (C=O) groups is 1. The van der Waals surface area contributed by atoms with E-state index in [1.807, 2.05) is 17.6 Å². The van der Waals surface area contributed by atoms with Crippen molar-refractivity contribution in [3.05, 3.63) is 47.9 Å². The first-order valence-corrected chi connectivity index (χ1v) is 10.5. The van der Waals surface area contributed by atoms with Crippen molar-refractivity contribution in [2.45, 2.75) is 37.6 Å². The van der Waals surface area contributed by atoms with Crippen molar-refractivity contribution in [2.75, 3.05) is 19.5 Å². The van der Waals surface area contributed by atoms with E-state index in [9.17, 15) is 4.79 Å². The van der Waals surface area contributed by atoms with Crippen molar-refractivity contribution in [1.29, 1.82) is 0 Å². The number of nitrogens with zero attached hydrogens (tertiary/aromatic N) is 3. The van der Waals surface area contributed by atoms with Crippen molar-refractivity contribution >= 4 is 17.5 Å². The van der Waals surface area contributed by atoms with Gasteiger partial charge in [0.2, 0.25) is 0 Å². The van der Waals surface area contributed by atoms with Crippen LogP contribution in [0.1, 0.15) is 29.0 Å². The molecule has 0 radical (unpaired) electrons. The molecule has 0 unspecified atom stereocenters. The summed E-state index contributed by atoms with van der Waals surface area (Å²) < 4.78 is 18.4. The second kappa shape index (κ2) is 8.84. The Morgan fingerprint density at radius 3 is 2.76 bits per heavy atom. The van der Waals surface area contributed by atoms with E-state index in [1.165, 1.54) is 11.8 Å².